The highest BCUT2D eigenvalue weighted by Gasteiger charge is 2.20. The molecule has 2 heterocycles. The Labute approximate surface area is 168 Å². The first-order valence-electron chi connectivity index (χ1n) is 9.44. The Bertz CT molecular complexity index is 1030. The Morgan fingerprint density at radius 1 is 1.10 bits per heavy atom. The summed E-state index contributed by atoms with van der Waals surface area (Å²) >= 11 is 0. The van der Waals surface area contributed by atoms with Crippen molar-refractivity contribution >= 4 is 11.8 Å². The molecule has 0 saturated carbocycles. The summed E-state index contributed by atoms with van der Waals surface area (Å²) in [6.07, 6.45) is 1.09. The first kappa shape index (κ1) is 18.7. The fraction of sp³-hybridized carbons (Fsp3) is 0.227. The molecule has 29 heavy (non-hydrogen) atoms. The number of rotatable bonds is 6. The van der Waals surface area contributed by atoms with Crippen molar-refractivity contribution in [2.75, 3.05) is 6.54 Å². The molecule has 148 valence electrons. The fourth-order valence-corrected chi connectivity index (χ4v) is 3.19. The van der Waals surface area contributed by atoms with Gasteiger partial charge in [0.05, 0.1) is 13.1 Å². The number of nitrogens with one attached hydrogen (secondary N) is 2. The van der Waals surface area contributed by atoms with Crippen molar-refractivity contribution < 1.29 is 18.8 Å². The van der Waals surface area contributed by atoms with Gasteiger partial charge in [0.15, 0.2) is 5.76 Å². The van der Waals surface area contributed by atoms with E-state index in [1.807, 2.05) is 31.2 Å². The molecule has 2 amide bonds. The van der Waals surface area contributed by atoms with Gasteiger partial charge in [0, 0.05) is 23.6 Å². The second kappa shape index (κ2) is 8.18. The lowest BCUT2D eigenvalue weighted by Crippen LogP contribution is -2.36. The molecule has 2 aromatic carbocycles. The highest BCUT2D eigenvalue weighted by molar-refractivity contribution is 5.96. The minimum absolute atomic E-state index is 0.112. The molecule has 2 N–H and O–H groups in total. The van der Waals surface area contributed by atoms with E-state index in [1.165, 1.54) is 5.56 Å². The third kappa shape index (κ3) is 4.45. The third-order valence-electron chi connectivity index (χ3n) is 4.66. The van der Waals surface area contributed by atoms with Crippen LogP contribution >= 0.6 is 0 Å². The van der Waals surface area contributed by atoms with Crippen molar-refractivity contribution in [1.29, 1.82) is 0 Å². The van der Waals surface area contributed by atoms with Gasteiger partial charge in [-0.25, -0.2) is 0 Å². The maximum absolute atomic E-state index is 12.0. The van der Waals surface area contributed by atoms with Crippen LogP contribution in [0.3, 0.4) is 0 Å². The van der Waals surface area contributed by atoms with Crippen molar-refractivity contribution in [3.63, 3.8) is 0 Å². The largest absolute Gasteiger partial charge is 0.490 e. The number of ether oxygens (including phenoxy) is 1. The minimum atomic E-state index is -0.307. The number of fused-ring (bicyclic) bond motifs is 1. The van der Waals surface area contributed by atoms with Gasteiger partial charge in [-0.15, -0.1) is 0 Å². The normalized spacial score (nSPS) is 14.7. The average molecular weight is 391 g/mol. The maximum Gasteiger partial charge on any atom is 0.251 e. The van der Waals surface area contributed by atoms with Gasteiger partial charge in [-0.3, -0.25) is 9.59 Å². The standard InChI is InChI=1S/C22H21N3O4/c1-14-9-16-7-8-17(10-19(16)28-14)20-11-18(25-29-20)12-23-21(26)13-24-22(27)15-5-3-2-4-6-15/h2-8,10-11,14H,9,12-13H2,1H3,(H,23,26)(H,24,27). The number of amides is 2. The maximum atomic E-state index is 12.0. The van der Waals surface area contributed by atoms with Gasteiger partial charge in [-0.05, 0) is 30.7 Å². The van der Waals surface area contributed by atoms with Gasteiger partial charge in [0.2, 0.25) is 5.91 Å². The summed E-state index contributed by atoms with van der Waals surface area (Å²) < 4.78 is 11.2. The first-order valence-corrected chi connectivity index (χ1v) is 9.44. The monoisotopic (exact) mass is 391 g/mol. The Hall–Kier alpha value is -3.61. The molecule has 0 aliphatic carbocycles. The molecule has 1 aliphatic rings. The molecular weight excluding hydrogens is 370 g/mol. The van der Waals surface area contributed by atoms with Crippen LogP contribution in [0.15, 0.2) is 59.1 Å². The molecule has 0 saturated heterocycles. The Morgan fingerprint density at radius 3 is 2.76 bits per heavy atom. The molecule has 3 aromatic rings. The van der Waals surface area contributed by atoms with Gasteiger partial charge in [-0.2, -0.15) is 0 Å². The summed E-state index contributed by atoms with van der Waals surface area (Å²) in [6.45, 7) is 2.14. The molecule has 0 bridgehead atoms. The van der Waals surface area contributed by atoms with E-state index >= 15 is 0 Å². The number of hydrogen-bond donors (Lipinski definition) is 2. The molecule has 0 radical (unpaired) electrons. The molecule has 4 rings (SSSR count). The van der Waals surface area contributed by atoms with Crippen LogP contribution in [0.1, 0.15) is 28.5 Å². The topological polar surface area (TPSA) is 93.5 Å². The number of aromatic nitrogens is 1. The predicted octanol–water partition coefficient (Wildman–Crippen LogP) is 2.71. The molecule has 7 nitrogen and oxygen atoms in total. The second-order valence-corrected chi connectivity index (χ2v) is 6.96. The van der Waals surface area contributed by atoms with Gasteiger partial charge in [-0.1, -0.05) is 35.5 Å². The SMILES string of the molecule is CC1Cc2ccc(-c3cc(CNC(=O)CNC(=O)c4ccccc4)no3)cc2O1. The zero-order chi connectivity index (χ0) is 20.2. The summed E-state index contributed by atoms with van der Waals surface area (Å²) in [5.41, 5.74) is 3.16. The highest BCUT2D eigenvalue weighted by atomic mass is 16.5. The Morgan fingerprint density at radius 2 is 1.93 bits per heavy atom. The lowest BCUT2D eigenvalue weighted by molar-refractivity contribution is -0.120. The van der Waals surface area contributed by atoms with Crippen LogP contribution in [-0.4, -0.2) is 29.6 Å². The van der Waals surface area contributed by atoms with E-state index in [2.05, 4.69) is 15.8 Å². The Kier molecular flexibility index (Phi) is 5.29. The van der Waals surface area contributed by atoms with Crippen LogP contribution in [0.5, 0.6) is 5.75 Å². The van der Waals surface area contributed by atoms with Crippen LogP contribution in [-0.2, 0) is 17.8 Å². The smallest absolute Gasteiger partial charge is 0.251 e. The number of benzene rings is 2. The van der Waals surface area contributed by atoms with Crippen LogP contribution in [0.2, 0.25) is 0 Å². The van der Waals surface area contributed by atoms with E-state index in [9.17, 15) is 9.59 Å². The molecular formula is C22H21N3O4. The van der Waals surface area contributed by atoms with Crippen molar-refractivity contribution in [3.8, 4) is 17.1 Å². The molecule has 0 spiro atoms. The lowest BCUT2D eigenvalue weighted by atomic mass is 10.1. The zero-order valence-corrected chi connectivity index (χ0v) is 16.0. The summed E-state index contributed by atoms with van der Waals surface area (Å²) in [7, 11) is 0. The average Bonchev–Trinajstić information content (AvgIpc) is 3.36. The highest BCUT2D eigenvalue weighted by Crippen LogP contribution is 2.33. The second-order valence-electron chi connectivity index (χ2n) is 6.96. The van der Waals surface area contributed by atoms with E-state index in [0.717, 1.165) is 17.7 Å². The molecule has 7 heteroatoms. The minimum Gasteiger partial charge on any atom is -0.490 e. The molecule has 1 aliphatic heterocycles. The van der Waals surface area contributed by atoms with Crippen molar-refractivity contribution in [2.45, 2.75) is 26.0 Å². The van der Waals surface area contributed by atoms with Crippen molar-refractivity contribution in [1.82, 2.24) is 15.8 Å². The van der Waals surface area contributed by atoms with E-state index in [0.29, 0.717) is 17.0 Å². The van der Waals surface area contributed by atoms with Crippen LogP contribution in [0, 0.1) is 0 Å². The predicted molar refractivity (Wildman–Crippen MR) is 106 cm³/mol. The number of nitrogens with zero attached hydrogens (tertiary/aromatic N) is 1. The lowest BCUT2D eigenvalue weighted by Gasteiger charge is -2.05. The van der Waals surface area contributed by atoms with E-state index in [4.69, 9.17) is 9.26 Å². The number of hydrogen-bond acceptors (Lipinski definition) is 5. The first-order chi connectivity index (χ1) is 14.1. The number of carbonyl (C=O) groups excluding carboxylic acids is 2. The molecule has 1 unspecified atom stereocenters. The Balaban J connectivity index is 1.29. The quantitative estimate of drug-likeness (QED) is 0.674. The van der Waals surface area contributed by atoms with Gasteiger partial charge < -0.3 is 19.9 Å². The molecule has 0 fully saturated rings. The summed E-state index contributed by atoms with van der Waals surface area (Å²) in [5, 5.41) is 9.30. The van der Waals surface area contributed by atoms with Crippen LogP contribution < -0.4 is 15.4 Å². The molecule has 1 atom stereocenters. The van der Waals surface area contributed by atoms with E-state index < -0.39 is 0 Å². The zero-order valence-electron chi connectivity index (χ0n) is 16.0. The molecule has 1 aromatic heterocycles. The van der Waals surface area contributed by atoms with Crippen molar-refractivity contribution in [2.24, 2.45) is 0 Å². The summed E-state index contributed by atoms with van der Waals surface area (Å²) in [6, 6.07) is 16.5. The van der Waals surface area contributed by atoms with Crippen LogP contribution in [0.4, 0.5) is 0 Å². The number of carbonyl (C=O) groups is 2. The van der Waals surface area contributed by atoms with E-state index in [1.54, 1.807) is 30.3 Å². The summed E-state index contributed by atoms with van der Waals surface area (Å²) in [4.78, 5) is 23.9. The van der Waals surface area contributed by atoms with Gasteiger partial charge in [0.1, 0.15) is 17.5 Å². The summed E-state index contributed by atoms with van der Waals surface area (Å²) in [5.74, 6) is 0.879. The van der Waals surface area contributed by atoms with Crippen LogP contribution in [0.25, 0.3) is 11.3 Å². The van der Waals surface area contributed by atoms with Gasteiger partial charge in [0.25, 0.3) is 5.91 Å². The van der Waals surface area contributed by atoms with Gasteiger partial charge >= 0.3 is 0 Å². The van der Waals surface area contributed by atoms with Crippen molar-refractivity contribution in [3.05, 3.63) is 71.4 Å². The van der Waals surface area contributed by atoms with E-state index in [-0.39, 0.29) is 31.0 Å². The third-order valence-corrected chi connectivity index (χ3v) is 4.66. The fourth-order valence-electron chi connectivity index (χ4n) is 3.19.